The van der Waals surface area contributed by atoms with Crippen molar-refractivity contribution in [1.82, 2.24) is 9.88 Å². The van der Waals surface area contributed by atoms with E-state index in [9.17, 15) is 4.79 Å². The van der Waals surface area contributed by atoms with Crippen molar-refractivity contribution in [2.24, 2.45) is 0 Å². The summed E-state index contributed by atoms with van der Waals surface area (Å²) in [5.74, 6) is 6.75. The Morgan fingerprint density at radius 1 is 1.04 bits per heavy atom. The number of nitrogens with zero attached hydrogens (tertiary/aromatic N) is 2. The van der Waals surface area contributed by atoms with Gasteiger partial charge in [-0.25, -0.2) is 4.98 Å². The third-order valence-electron chi connectivity index (χ3n) is 4.81. The highest BCUT2D eigenvalue weighted by atomic mass is 16.5. The van der Waals surface area contributed by atoms with E-state index in [1.807, 2.05) is 23.1 Å². The van der Waals surface area contributed by atoms with E-state index >= 15 is 0 Å². The molecular weight excluding hydrogens is 348 g/mol. The van der Waals surface area contributed by atoms with Crippen molar-refractivity contribution >= 4 is 5.91 Å². The second-order valence-corrected chi connectivity index (χ2v) is 6.81. The molecule has 0 radical (unpaired) electrons. The number of hydrogen-bond donors (Lipinski definition) is 0. The number of ether oxygens (including phenoxy) is 1. The predicted octanol–water partition coefficient (Wildman–Crippen LogP) is 3.95. The van der Waals surface area contributed by atoms with Crippen LogP contribution in [0.3, 0.4) is 0 Å². The Labute approximate surface area is 164 Å². The van der Waals surface area contributed by atoms with Crippen molar-refractivity contribution in [3.05, 3.63) is 94.3 Å². The predicted molar refractivity (Wildman–Crippen MR) is 108 cm³/mol. The van der Waals surface area contributed by atoms with Crippen LogP contribution in [0.1, 0.15) is 38.3 Å². The lowest BCUT2D eigenvalue weighted by molar-refractivity contribution is 0.0751. The van der Waals surface area contributed by atoms with Gasteiger partial charge in [0, 0.05) is 24.8 Å². The quantitative estimate of drug-likeness (QED) is 0.643. The zero-order chi connectivity index (χ0) is 19.5. The first-order chi connectivity index (χ1) is 13.6. The Hall–Kier alpha value is -3.58. The third-order valence-corrected chi connectivity index (χ3v) is 4.81. The molecule has 1 aliphatic rings. The fourth-order valence-corrected chi connectivity index (χ4v) is 3.36. The van der Waals surface area contributed by atoms with Crippen molar-refractivity contribution < 1.29 is 9.53 Å². The van der Waals surface area contributed by atoms with Crippen LogP contribution >= 0.6 is 0 Å². The van der Waals surface area contributed by atoms with Crippen molar-refractivity contribution in [2.75, 3.05) is 7.11 Å². The summed E-state index contributed by atoms with van der Waals surface area (Å²) >= 11 is 0. The van der Waals surface area contributed by atoms with Gasteiger partial charge in [0.05, 0.1) is 12.7 Å². The van der Waals surface area contributed by atoms with Gasteiger partial charge in [0.15, 0.2) is 0 Å². The van der Waals surface area contributed by atoms with Crippen molar-refractivity contribution in [1.29, 1.82) is 0 Å². The van der Waals surface area contributed by atoms with Gasteiger partial charge < -0.3 is 9.64 Å². The number of hydrogen-bond acceptors (Lipinski definition) is 3. The van der Waals surface area contributed by atoms with E-state index in [0.29, 0.717) is 35.7 Å². The monoisotopic (exact) mass is 368 g/mol. The summed E-state index contributed by atoms with van der Waals surface area (Å²) in [6.07, 6.45) is 1.70. The molecule has 0 N–H and O–H groups in total. The lowest BCUT2D eigenvalue weighted by atomic mass is 10.1. The average molecular weight is 368 g/mol. The first-order valence-corrected chi connectivity index (χ1v) is 9.13. The molecule has 0 bridgehead atoms. The number of aryl methyl sites for hydroxylation is 1. The van der Waals surface area contributed by atoms with Crippen LogP contribution in [-0.2, 0) is 13.1 Å². The van der Waals surface area contributed by atoms with Crippen molar-refractivity contribution in [3.8, 4) is 17.6 Å². The molecular formula is C24H20N2O2. The van der Waals surface area contributed by atoms with Crippen LogP contribution in [0.25, 0.3) is 0 Å². The Balaban J connectivity index is 1.60. The molecule has 0 unspecified atom stereocenters. The van der Waals surface area contributed by atoms with E-state index in [1.54, 1.807) is 31.5 Å². The van der Waals surface area contributed by atoms with E-state index in [1.165, 1.54) is 16.7 Å². The molecule has 1 amide bonds. The molecule has 1 aliphatic heterocycles. The SMILES string of the molecule is COc1ccc(C(=O)N2Cc3ccc(C)cc3C2)cc1C#Cc1ccccn1. The number of rotatable bonds is 2. The number of pyridine rings is 1. The number of carbonyl (C=O) groups is 1. The summed E-state index contributed by atoms with van der Waals surface area (Å²) in [6, 6.07) is 17.3. The Kier molecular flexibility index (Phi) is 4.82. The van der Waals surface area contributed by atoms with Crippen molar-refractivity contribution in [3.63, 3.8) is 0 Å². The molecule has 1 aromatic heterocycles. The standard InChI is InChI=1S/C24H20N2O2/c1-17-6-7-20-15-26(16-21(20)13-17)24(27)19-9-11-23(28-2)18(14-19)8-10-22-5-3-4-12-25-22/h3-7,9,11-14H,15-16H2,1-2H3. The molecule has 4 rings (SSSR count). The van der Waals surface area contributed by atoms with Crippen LogP contribution in [0.2, 0.25) is 0 Å². The first-order valence-electron chi connectivity index (χ1n) is 9.13. The second kappa shape index (κ2) is 7.58. The number of aromatic nitrogens is 1. The minimum atomic E-state index is -0.00241. The van der Waals surface area contributed by atoms with Crippen LogP contribution in [0, 0.1) is 18.8 Å². The number of methoxy groups -OCH3 is 1. The smallest absolute Gasteiger partial charge is 0.254 e. The maximum atomic E-state index is 13.1. The molecule has 4 heteroatoms. The van der Waals surface area contributed by atoms with Gasteiger partial charge in [-0.15, -0.1) is 0 Å². The molecule has 0 saturated carbocycles. The molecule has 4 nitrogen and oxygen atoms in total. The molecule has 0 saturated heterocycles. The fraction of sp³-hybridized carbons (Fsp3) is 0.167. The average Bonchev–Trinajstić information content (AvgIpc) is 3.15. The molecule has 0 spiro atoms. The van der Waals surface area contributed by atoms with Crippen LogP contribution in [0.4, 0.5) is 0 Å². The summed E-state index contributed by atoms with van der Waals surface area (Å²) in [5, 5.41) is 0. The van der Waals surface area contributed by atoms with E-state index in [0.717, 1.165) is 0 Å². The van der Waals surface area contributed by atoms with Crippen LogP contribution in [0.5, 0.6) is 5.75 Å². The lowest BCUT2D eigenvalue weighted by Gasteiger charge is -2.16. The van der Waals surface area contributed by atoms with E-state index in [4.69, 9.17) is 4.74 Å². The summed E-state index contributed by atoms with van der Waals surface area (Å²) < 4.78 is 5.41. The highest BCUT2D eigenvalue weighted by molar-refractivity contribution is 5.95. The summed E-state index contributed by atoms with van der Waals surface area (Å²) in [7, 11) is 1.60. The summed E-state index contributed by atoms with van der Waals surface area (Å²) in [6.45, 7) is 3.34. The van der Waals surface area contributed by atoms with E-state index in [2.05, 4.69) is 41.9 Å². The lowest BCUT2D eigenvalue weighted by Crippen LogP contribution is -2.25. The van der Waals surface area contributed by atoms with Gasteiger partial charge >= 0.3 is 0 Å². The third kappa shape index (κ3) is 3.60. The topological polar surface area (TPSA) is 42.4 Å². The zero-order valence-corrected chi connectivity index (χ0v) is 15.9. The number of carbonyl (C=O) groups excluding carboxylic acids is 1. The van der Waals surface area contributed by atoms with Crippen LogP contribution in [0.15, 0.2) is 60.8 Å². The number of amides is 1. The number of fused-ring (bicyclic) bond motifs is 1. The van der Waals surface area contributed by atoms with Gasteiger partial charge in [-0.1, -0.05) is 35.7 Å². The second-order valence-electron chi connectivity index (χ2n) is 6.81. The molecule has 138 valence electrons. The maximum absolute atomic E-state index is 13.1. The molecule has 0 fully saturated rings. The highest BCUT2D eigenvalue weighted by Gasteiger charge is 2.24. The van der Waals surface area contributed by atoms with Gasteiger partial charge in [0.2, 0.25) is 0 Å². The van der Waals surface area contributed by atoms with E-state index < -0.39 is 0 Å². The Bertz CT molecular complexity index is 1090. The molecule has 0 aliphatic carbocycles. The largest absolute Gasteiger partial charge is 0.495 e. The molecule has 3 aromatic rings. The minimum Gasteiger partial charge on any atom is -0.495 e. The zero-order valence-electron chi connectivity index (χ0n) is 15.9. The highest BCUT2D eigenvalue weighted by Crippen LogP contribution is 2.27. The fourth-order valence-electron chi connectivity index (χ4n) is 3.36. The molecule has 0 atom stereocenters. The molecule has 2 aromatic carbocycles. The van der Waals surface area contributed by atoms with Crippen molar-refractivity contribution in [2.45, 2.75) is 20.0 Å². The van der Waals surface area contributed by atoms with E-state index in [-0.39, 0.29) is 5.91 Å². The van der Waals surface area contributed by atoms with Gasteiger partial charge in [0.25, 0.3) is 5.91 Å². The normalized spacial score (nSPS) is 12.1. The van der Waals surface area contributed by atoms with Crippen LogP contribution in [-0.4, -0.2) is 22.9 Å². The minimum absolute atomic E-state index is 0.00241. The van der Waals surface area contributed by atoms with Gasteiger partial charge in [0.1, 0.15) is 11.4 Å². The maximum Gasteiger partial charge on any atom is 0.254 e. The summed E-state index contributed by atoms with van der Waals surface area (Å²) in [5.41, 5.74) is 5.60. The number of benzene rings is 2. The van der Waals surface area contributed by atoms with Gasteiger partial charge in [-0.05, 0) is 54.3 Å². The molecule has 2 heterocycles. The van der Waals surface area contributed by atoms with Crippen LogP contribution < -0.4 is 4.74 Å². The molecule has 28 heavy (non-hydrogen) atoms. The van der Waals surface area contributed by atoms with Gasteiger partial charge in [-0.3, -0.25) is 4.79 Å². The Morgan fingerprint density at radius 2 is 1.89 bits per heavy atom. The van der Waals surface area contributed by atoms with Gasteiger partial charge in [-0.2, -0.15) is 0 Å². The first kappa shape index (κ1) is 17.8. The Morgan fingerprint density at radius 3 is 2.68 bits per heavy atom. The summed E-state index contributed by atoms with van der Waals surface area (Å²) in [4.78, 5) is 19.1.